The van der Waals surface area contributed by atoms with Crippen molar-refractivity contribution < 1.29 is 13.7 Å². The summed E-state index contributed by atoms with van der Waals surface area (Å²) in [7, 11) is 0.775. The molecule has 1 aromatic rings. The van der Waals surface area contributed by atoms with Gasteiger partial charge in [-0.15, -0.1) is 12.4 Å². The third-order valence-corrected chi connectivity index (χ3v) is 6.17. The number of ether oxygens (including phenoxy) is 1. The van der Waals surface area contributed by atoms with Crippen LogP contribution in [0.5, 0.6) is 0 Å². The second-order valence-electron chi connectivity index (χ2n) is 7.10. The number of carbonyl (C=O) groups excluding carboxylic acids is 1. The van der Waals surface area contributed by atoms with Crippen molar-refractivity contribution in [3.63, 3.8) is 0 Å². The Balaban J connectivity index is 0.00000312. The van der Waals surface area contributed by atoms with E-state index in [0.29, 0.717) is 19.6 Å². The van der Waals surface area contributed by atoms with Gasteiger partial charge in [-0.25, -0.2) is 0 Å². The summed E-state index contributed by atoms with van der Waals surface area (Å²) in [4.78, 5) is 15.3. The maximum atomic E-state index is 12.9. The van der Waals surface area contributed by atoms with E-state index in [9.17, 15) is 9.00 Å². The zero-order valence-corrected chi connectivity index (χ0v) is 17.2. The Hall–Kier alpha value is -0.950. The number of halogens is 1. The van der Waals surface area contributed by atoms with Crippen molar-refractivity contribution in [1.82, 2.24) is 4.90 Å². The Morgan fingerprint density at radius 1 is 1.36 bits per heavy atom. The van der Waals surface area contributed by atoms with Crippen molar-refractivity contribution in [1.29, 1.82) is 0 Å². The van der Waals surface area contributed by atoms with E-state index < -0.39 is 21.8 Å². The molecule has 142 valence electrons. The van der Waals surface area contributed by atoms with Crippen LogP contribution in [0, 0.1) is 5.41 Å². The van der Waals surface area contributed by atoms with Crippen LogP contribution in [0.2, 0.25) is 0 Å². The normalized spacial score (nSPS) is 25.4. The molecular formula is C18H29ClN2O3S. The first kappa shape index (κ1) is 22.1. The standard InChI is InChI=1S/C18H28N2O3S.ClH/c1-6-23-15-11-18(19,17(15,2)3)16(21)20(4)12-13-7-9-14(10-8-13)24(5)22;/h7-10,15H,6,11-12,19H2,1-5H3;1H. The van der Waals surface area contributed by atoms with E-state index in [-0.39, 0.29) is 24.4 Å². The molecule has 5 nitrogen and oxygen atoms in total. The molecule has 2 rings (SSSR count). The number of benzene rings is 1. The van der Waals surface area contributed by atoms with Crippen LogP contribution in [0.25, 0.3) is 0 Å². The fourth-order valence-corrected chi connectivity index (χ4v) is 3.79. The topological polar surface area (TPSA) is 72.6 Å². The van der Waals surface area contributed by atoms with E-state index in [2.05, 4.69) is 0 Å². The summed E-state index contributed by atoms with van der Waals surface area (Å²) in [6.07, 6.45) is 2.21. The van der Waals surface area contributed by atoms with Gasteiger partial charge >= 0.3 is 0 Å². The van der Waals surface area contributed by atoms with Gasteiger partial charge in [-0.2, -0.15) is 0 Å². The monoisotopic (exact) mass is 388 g/mol. The predicted octanol–water partition coefficient (Wildman–Crippen LogP) is 2.34. The Morgan fingerprint density at radius 3 is 2.36 bits per heavy atom. The first-order valence-electron chi connectivity index (χ1n) is 8.22. The Morgan fingerprint density at radius 2 is 1.92 bits per heavy atom. The summed E-state index contributed by atoms with van der Waals surface area (Å²) in [6.45, 7) is 7.04. The quantitative estimate of drug-likeness (QED) is 0.811. The lowest BCUT2D eigenvalue weighted by atomic mass is 9.54. The van der Waals surface area contributed by atoms with Crippen molar-refractivity contribution >= 4 is 29.1 Å². The molecule has 1 aliphatic rings. The second-order valence-corrected chi connectivity index (χ2v) is 8.48. The van der Waals surface area contributed by atoms with Gasteiger partial charge in [0.2, 0.25) is 5.91 Å². The number of nitrogens with zero attached hydrogens (tertiary/aromatic N) is 1. The molecule has 1 aromatic carbocycles. The average Bonchev–Trinajstić information content (AvgIpc) is 2.54. The maximum absolute atomic E-state index is 12.9. The molecule has 0 radical (unpaired) electrons. The van der Waals surface area contributed by atoms with E-state index >= 15 is 0 Å². The van der Waals surface area contributed by atoms with Crippen molar-refractivity contribution in [3.05, 3.63) is 29.8 Å². The highest BCUT2D eigenvalue weighted by molar-refractivity contribution is 7.84. The molecule has 0 aromatic heterocycles. The van der Waals surface area contributed by atoms with Gasteiger partial charge in [-0.3, -0.25) is 9.00 Å². The molecule has 25 heavy (non-hydrogen) atoms. The zero-order chi connectivity index (χ0) is 18.1. The van der Waals surface area contributed by atoms with Crippen LogP contribution in [0.4, 0.5) is 0 Å². The Bertz CT molecular complexity index is 636. The molecule has 7 heteroatoms. The van der Waals surface area contributed by atoms with E-state index in [1.807, 2.05) is 45.0 Å². The molecule has 0 bridgehead atoms. The first-order chi connectivity index (χ1) is 11.1. The smallest absolute Gasteiger partial charge is 0.243 e. The van der Waals surface area contributed by atoms with Crippen molar-refractivity contribution in [2.24, 2.45) is 11.1 Å². The Kier molecular flexibility index (Phi) is 7.21. The summed E-state index contributed by atoms with van der Waals surface area (Å²) in [5, 5.41) is 0. The molecule has 2 N–H and O–H groups in total. The van der Waals surface area contributed by atoms with E-state index in [1.54, 1.807) is 18.2 Å². The molecule has 0 aliphatic heterocycles. The van der Waals surface area contributed by atoms with Crippen LogP contribution in [0.15, 0.2) is 29.2 Å². The number of likely N-dealkylation sites (N-methyl/N-ethyl adjacent to an activating group) is 1. The lowest BCUT2D eigenvalue weighted by molar-refractivity contribution is -0.178. The third kappa shape index (κ3) is 4.08. The van der Waals surface area contributed by atoms with Gasteiger partial charge in [0.1, 0.15) is 5.54 Å². The number of hydrogen-bond donors (Lipinski definition) is 1. The Labute approximate surface area is 159 Å². The average molecular weight is 389 g/mol. The zero-order valence-electron chi connectivity index (χ0n) is 15.6. The van der Waals surface area contributed by atoms with Gasteiger partial charge in [-0.1, -0.05) is 26.0 Å². The SMILES string of the molecule is CCOC1CC(N)(C(=O)N(C)Cc2ccc(S(C)=O)cc2)C1(C)C.Cl. The molecule has 0 heterocycles. The van der Waals surface area contributed by atoms with Gasteiger partial charge in [0, 0.05) is 54.0 Å². The largest absolute Gasteiger partial charge is 0.378 e. The fourth-order valence-electron chi connectivity index (χ4n) is 3.27. The van der Waals surface area contributed by atoms with Gasteiger partial charge in [0.25, 0.3) is 0 Å². The molecule has 1 saturated carbocycles. The van der Waals surface area contributed by atoms with Crippen LogP contribution in [0.3, 0.4) is 0 Å². The minimum absolute atomic E-state index is 0. The minimum Gasteiger partial charge on any atom is -0.378 e. The number of nitrogens with two attached hydrogens (primary N) is 1. The summed E-state index contributed by atoms with van der Waals surface area (Å²) in [5.41, 5.74) is 6.15. The lowest BCUT2D eigenvalue weighted by Gasteiger charge is -2.58. The van der Waals surface area contributed by atoms with Crippen molar-refractivity contribution in [2.45, 2.75) is 50.3 Å². The van der Waals surface area contributed by atoms with Gasteiger partial charge in [0.05, 0.1) is 6.10 Å². The van der Waals surface area contributed by atoms with Crippen LogP contribution in [0.1, 0.15) is 32.8 Å². The summed E-state index contributed by atoms with van der Waals surface area (Å²) in [5.74, 6) is -0.0633. The number of carbonyl (C=O) groups is 1. The highest BCUT2D eigenvalue weighted by atomic mass is 35.5. The van der Waals surface area contributed by atoms with E-state index in [1.165, 1.54) is 0 Å². The van der Waals surface area contributed by atoms with E-state index in [4.69, 9.17) is 10.5 Å². The molecule has 1 fully saturated rings. The van der Waals surface area contributed by atoms with Crippen molar-refractivity contribution in [2.75, 3.05) is 19.9 Å². The lowest BCUT2D eigenvalue weighted by Crippen LogP contribution is -2.75. The summed E-state index contributed by atoms with van der Waals surface area (Å²) < 4.78 is 17.1. The molecule has 0 spiro atoms. The highest BCUT2D eigenvalue weighted by Gasteiger charge is 2.63. The number of rotatable bonds is 6. The second kappa shape index (κ2) is 8.16. The van der Waals surface area contributed by atoms with Crippen LogP contribution in [-0.4, -0.2) is 46.6 Å². The van der Waals surface area contributed by atoms with Gasteiger partial charge < -0.3 is 15.4 Å². The molecule has 0 saturated heterocycles. The summed E-state index contributed by atoms with van der Waals surface area (Å²) in [6, 6.07) is 7.47. The van der Waals surface area contributed by atoms with Gasteiger partial charge in [0.15, 0.2) is 0 Å². The third-order valence-electron chi connectivity index (χ3n) is 5.23. The molecule has 1 amide bonds. The minimum atomic E-state index is -0.996. The highest BCUT2D eigenvalue weighted by Crippen LogP contribution is 2.50. The van der Waals surface area contributed by atoms with E-state index in [0.717, 1.165) is 10.5 Å². The molecular weight excluding hydrogens is 360 g/mol. The first-order valence-corrected chi connectivity index (χ1v) is 9.77. The van der Waals surface area contributed by atoms with Gasteiger partial charge in [-0.05, 0) is 24.6 Å². The maximum Gasteiger partial charge on any atom is 0.243 e. The fraction of sp³-hybridized carbons (Fsp3) is 0.611. The van der Waals surface area contributed by atoms with Crippen LogP contribution in [-0.2, 0) is 26.9 Å². The molecule has 1 aliphatic carbocycles. The number of amides is 1. The molecule has 3 unspecified atom stereocenters. The predicted molar refractivity (Wildman–Crippen MR) is 103 cm³/mol. The summed E-state index contributed by atoms with van der Waals surface area (Å²) >= 11 is 0. The van der Waals surface area contributed by atoms with Crippen molar-refractivity contribution in [3.8, 4) is 0 Å². The number of hydrogen-bond acceptors (Lipinski definition) is 4. The van der Waals surface area contributed by atoms with Crippen LogP contribution < -0.4 is 5.73 Å². The molecule has 3 atom stereocenters. The van der Waals surface area contributed by atoms with Crippen LogP contribution >= 0.6 is 12.4 Å².